The van der Waals surface area contributed by atoms with Crippen molar-refractivity contribution in [3.63, 3.8) is 0 Å². The Bertz CT molecular complexity index is 917. The highest BCUT2D eigenvalue weighted by molar-refractivity contribution is 5.81. The summed E-state index contributed by atoms with van der Waals surface area (Å²) in [4.78, 5) is 19.2. The number of unbranched alkanes of at least 4 members (excludes halogenated alkanes) is 1. The van der Waals surface area contributed by atoms with Gasteiger partial charge in [-0.15, -0.1) is 0 Å². The molecule has 27 heavy (non-hydrogen) atoms. The predicted octanol–water partition coefficient (Wildman–Crippen LogP) is 4.18. The molecule has 2 aromatic carbocycles. The number of carbonyl (C=O) groups is 1. The standard InChI is InChI=1S/C22H27N3O2/c1-4-5-13-24(3)22(26)15-25-20-12-7-6-11-19(20)23-21(25)16-27-18-10-8-9-17(2)14-18/h6-12,14H,4-5,13,15-16H2,1-3H3. The largest absolute Gasteiger partial charge is 0.486 e. The molecule has 0 aliphatic heterocycles. The smallest absolute Gasteiger partial charge is 0.242 e. The van der Waals surface area contributed by atoms with Crippen LogP contribution < -0.4 is 4.74 Å². The molecule has 3 rings (SSSR count). The Kier molecular flexibility index (Phi) is 6.12. The van der Waals surface area contributed by atoms with Crippen LogP contribution in [0.4, 0.5) is 0 Å². The van der Waals surface area contributed by atoms with Crippen molar-refractivity contribution in [1.29, 1.82) is 0 Å². The quantitative estimate of drug-likeness (QED) is 0.601. The number of amides is 1. The molecule has 0 unspecified atom stereocenters. The first-order valence-corrected chi connectivity index (χ1v) is 9.46. The third-order valence-electron chi connectivity index (χ3n) is 4.66. The molecule has 0 saturated carbocycles. The molecular weight excluding hydrogens is 338 g/mol. The van der Waals surface area contributed by atoms with E-state index in [1.54, 1.807) is 4.90 Å². The normalized spacial score (nSPS) is 10.9. The van der Waals surface area contributed by atoms with Gasteiger partial charge in [0.05, 0.1) is 11.0 Å². The highest BCUT2D eigenvalue weighted by Gasteiger charge is 2.16. The van der Waals surface area contributed by atoms with Crippen LogP contribution in [0.15, 0.2) is 48.5 Å². The van der Waals surface area contributed by atoms with E-state index in [1.807, 2.05) is 67.1 Å². The van der Waals surface area contributed by atoms with Gasteiger partial charge in [-0.05, 0) is 43.2 Å². The van der Waals surface area contributed by atoms with Crippen molar-refractivity contribution in [3.8, 4) is 5.75 Å². The molecule has 1 heterocycles. The van der Waals surface area contributed by atoms with Crippen LogP contribution in [-0.2, 0) is 17.9 Å². The van der Waals surface area contributed by atoms with E-state index >= 15 is 0 Å². The van der Waals surface area contributed by atoms with E-state index in [9.17, 15) is 4.79 Å². The van der Waals surface area contributed by atoms with Crippen LogP contribution in [0.5, 0.6) is 5.75 Å². The van der Waals surface area contributed by atoms with Crippen molar-refractivity contribution >= 4 is 16.9 Å². The zero-order valence-corrected chi connectivity index (χ0v) is 16.3. The molecule has 0 fully saturated rings. The zero-order valence-electron chi connectivity index (χ0n) is 16.3. The first-order valence-electron chi connectivity index (χ1n) is 9.46. The van der Waals surface area contributed by atoms with Crippen molar-refractivity contribution in [2.75, 3.05) is 13.6 Å². The van der Waals surface area contributed by atoms with Crippen molar-refractivity contribution in [1.82, 2.24) is 14.5 Å². The van der Waals surface area contributed by atoms with Crippen LogP contribution >= 0.6 is 0 Å². The van der Waals surface area contributed by atoms with Gasteiger partial charge in [-0.25, -0.2) is 4.98 Å². The summed E-state index contributed by atoms with van der Waals surface area (Å²) >= 11 is 0. The molecule has 3 aromatic rings. The number of para-hydroxylation sites is 2. The molecule has 0 saturated heterocycles. The molecule has 0 aliphatic carbocycles. The first kappa shape index (κ1) is 19.0. The summed E-state index contributed by atoms with van der Waals surface area (Å²) in [6.45, 7) is 5.53. The minimum absolute atomic E-state index is 0.0865. The molecule has 142 valence electrons. The summed E-state index contributed by atoms with van der Waals surface area (Å²) in [5.41, 5.74) is 2.98. The van der Waals surface area contributed by atoms with Gasteiger partial charge in [0.25, 0.3) is 0 Å². The van der Waals surface area contributed by atoms with E-state index in [2.05, 4.69) is 6.92 Å². The number of hydrogen-bond donors (Lipinski definition) is 0. The van der Waals surface area contributed by atoms with Crippen LogP contribution in [-0.4, -0.2) is 34.0 Å². The lowest BCUT2D eigenvalue weighted by Crippen LogP contribution is -2.31. The van der Waals surface area contributed by atoms with E-state index in [-0.39, 0.29) is 12.5 Å². The number of hydrogen-bond acceptors (Lipinski definition) is 3. The molecule has 0 aliphatic rings. The van der Waals surface area contributed by atoms with Gasteiger partial charge in [0.15, 0.2) is 0 Å². The number of aromatic nitrogens is 2. The Hall–Kier alpha value is -2.82. The maximum absolute atomic E-state index is 12.7. The molecular formula is C22H27N3O2. The summed E-state index contributed by atoms with van der Waals surface area (Å²) in [5.74, 6) is 1.65. The Labute approximate surface area is 160 Å². The minimum atomic E-state index is 0.0865. The van der Waals surface area contributed by atoms with Gasteiger partial charge < -0.3 is 14.2 Å². The predicted molar refractivity (Wildman–Crippen MR) is 108 cm³/mol. The van der Waals surface area contributed by atoms with Crippen LogP contribution in [0.3, 0.4) is 0 Å². The highest BCUT2D eigenvalue weighted by atomic mass is 16.5. The van der Waals surface area contributed by atoms with Gasteiger partial charge in [-0.1, -0.05) is 37.6 Å². The fourth-order valence-corrected chi connectivity index (χ4v) is 3.04. The average molecular weight is 365 g/mol. The topological polar surface area (TPSA) is 47.4 Å². The fourth-order valence-electron chi connectivity index (χ4n) is 3.04. The van der Waals surface area contributed by atoms with Crippen LogP contribution in [0.2, 0.25) is 0 Å². The maximum Gasteiger partial charge on any atom is 0.242 e. The molecule has 0 radical (unpaired) electrons. The van der Waals surface area contributed by atoms with Gasteiger partial charge in [0.2, 0.25) is 5.91 Å². The Morgan fingerprint density at radius 1 is 1.19 bits per heavy atom. The highest BCUT2D eigenvalue weighted by Crippen LogP contribution is 2.19. The monoisotopic (exact) mass is 365 g/mol. The lowest BCUT2D eigenvalue weighted by molar-refractivity contribution is -0.130. The van der Waals surface area contributed by atoms with Gasteiger partial charge in [0, 0.05) is 13.6 Å². The number of carbonyl (C=O) groups excluding carboxylic acids is 1. The fraction of sp³-hybridized carbons (Fsp3) is 0.364. The number of likely N-dealkylation sites (N-methyl/N-ethyl adjacent to an activating group) is 1. The summed E-state index contributed by atoms with van der Waals surface area (Å²) in [7, 11) is 1.86. The van der Waals surface area contributed by atoms with E-state index in [0.717, 1.165) is 47.6 Å². The van der Waals surface area contributed by atoms with E-state index in [0.29, 0.717) is 6.61 Å². The molecule has 0 N–H and O–H groups in total. The van der Waals surface area contributed by atoms with E-state index < -0.39 is 0 Å². The lowest BCUT2D eigenvalue weighted by Gasteiger charge is -2.18. The average Bonchev–Trinajstić information content (AvgIpc) is 3.02. The second kappa shape index (κ2) is 8.71. The number of imidazole rings is 1. The third kappa shape index (κ3) is 4.67. The molecule has 5 nitrogen and oxygen atoms in total. The molecule has 1 aromatic heterocycles. The lowest BCUT2D eigenvalue weighted by atomic mass is 10.2. The number of rotatable bonds is 8. The van der Waals surface area contributed by atoms with Crippen LogP contribution in [0, 0.1) is 6.92 Å². The molecule has 5 heteroatoms. The number of aryl methyl sites for hydroxylation is 1. The van der Waals surface area contributed by atoms with E-state index in [4.69, 9.17) is 9.72 Å². The summed E-state index contributed by atoms with van der Waals surface area (Å²) in [6, 6.07) is 15.8. The Morgan fingerprint density at radius 3 is 2.78 bits per heavy atom. The molecule has 0 atom stereocenters. The van der Waals surface area contributed by atoms with E-state index in [1.165, 1.54) is 0 Å². The van der Waals surface area contributed by atoms with Crippen molar-refractivity contribution in [3.05, 3.63) is 59.9 Å². The van der Waals surface area contributed by atoms with Crippen LogP contribution in [0.1, 0.15) is 31.2 Å². The molecule has 0 spiro atoms. The summed E-state index contributed by atoms with van der Waals surface area (Å²) in [6.07, 6.45) is 2.08. The van der Waals surface area contributed by atoms with Crippen molar-refractivity contribution in [2.24, 2.45) is 0 Å². The summed E-state index contributed by atoms with van der Waals surface area (Å²) in [5, 5.41) is 0. The SMILES string of the molecule is CCCCN(C)C(=O)Cn1c(COc2cccc(C)c2)nc2ccccc21. The maximum atomic E-state index is 12.7. The first-order chi connectivity index (χ1) is 13.1. The van der Waals surface area contributed by atoms with Gasteiger partial charge >= 0.3 is 0 Å². The van der Waals surface area contributed by atoms with Crippen molar-refractivity contribution < 1.29 is 9.53 Å². The van der Waals surface area contributed by atoms with Crippen molar-refractivity contribution in [2.45, 2.75) is 39.8 Å². The van der Waals surface area contributed by atoms with Crippen LogP contribution in [0.25, 0.3) is 11.0 Å². The zero-order chi connectivity index (χ0) is 19.2. The minimum Gasteiger partial charge on any atom is -0.486 e. The van der Waals surface area contributed by atoms with Gasteiger partial charge in [0.1, 0.15) is 24.7 Å². The molecule has 0 bridgehead atoms. The number of nitrogens with zero attached hydrogens (tertiary/aromatic N) is 3. The number of ether oxygens (including phenoxy) is 1. The second-order valence-corrected chi connectivity index (χ2v) is 6.88. The van der Waals surface area contributed by atoms with Gasteiger partial charge in [-0.3, -0.25) is 4.79 Å². The Balaban J connectivity index is 1.82. The second-order valence-electron chi connectivity index (χ2n) is 6.88. The number of benzene rings is 2. The third-order valence-corrected chi connectivity index (χ3v) is 4.66. The Morgan fingerprint density at radius 2 is 2.00 bits per heavy atom. The summed E-state index contributed by atoms with van der Waals surface area (Å²) < 4.78 is 7.91. The number of fused-ring (bicyclic) bond motifs is 1. The molecule has 1 amide bonds. The van der Waals surface area contributed by atoms with Gasteiger partial charge in [-0.2, -0.15) is 0 Å².